The summed E-state index contributed by atoms with van der Waals surface area (Å²) in [7, 11) is 0. The van der Waals surface area contributed by atoms with Gasteiger partial charge in [0.05, 0.1) is 5.60 Å². The number of amides is 1. The molecule has 0 spiro atoms. The van der Waals surface area contributed by atoms with Crippen molar-refractivity contribution in [3.8, 4) is 5.75 Å². The molecule has 0 heterocycles. The fourth-order valence-corrected chi connectivity index (χ4v) is 1.55. The first-order valence-corrected chi connectivity index (χ1v) is 6.60. The third kappa shape index (κ3) is 5.51. The summed E-state index contributed by atoms with van der Waals surface area (Å²) in [6.45, 7) is 3.72. The Bertz CT molecular complexity index is 407. The van der Waals surface area contributed by atoms with Gasteiger partial charge in [-0.25, -0.2) is 0 Å². The van der Waals surface area contributed by atoms with Gasteiger partial charge in [0.25, 0.3) is 5.91 Å². The van der Waals surface area contributed by atoms with Gasteiger partial charge in [-0.1, -0.05) is 28.9 Å². The molecule has 1 unspecified atom stereocenters. The van der Waals surface area contributed by atoms with Crippen LogP contribution in [0.3, 0.4) is 0 Å². The molecule has 0 aliphatic heterocycles. The molecule has 0 saturated heterocycles. The molecule has 1 amide bonds. The molecule has 0 aromatic heterocycles. The first kappa shape index (κ1) is 15.0. The highest BCUT2D eigenvalue weighted by Crippen LogP contribution is 2.17. The minimum absolute atomic E-state index is 0.0593. The standard InChI is InChI=1S/C13H18BrNO3/c1-3-13(2,17)9-15-12(16)8-18-11-6-4-5-10(14)7-11/h4-7,17H,3,8-9H2,1-2H3,(H,15,16). The normalized spacial score (nSPS) is 13.8. The van der Waals surface area contributed by atoms with Crippen LogP contribution in [0.2, 0.25) is 0 Å². The van der Waals surface area contributed by atoms with E-state index < -0.39 is 5.60 Å². The molecule has 100 valence electrons. The van der Waals surface area contributed by atoms with E-state index in [2.05, 4.69) is 21.2 Å². The van der Waals surface area contributed by atoms with Gasteiger partial charge < -0.3 is 15.2 Å². The number of ether oxygens (including phenoxy) is 1. The highest BCUT2D eigenvalue weighted by molar-refractivity contribution is 9.10. The molecule has 0 aliphatic carbocycles. The van der Waals surface area contributed by atoms with Crippen LogP contribution in [0.1, 0.15) is 20.3 Å². The molecule has 4 nitrogen and oxygen atoms in total. The SMILES string of the molecule is CCC(C)(O)CNC(=O)COc1cccc(Br)c1. The van der Waals surface area contributed by atoms with Gasteiger partial charge >= 0.3 is 0 Å². The fourth-order valence-electron chi connectivity index (χ4n) is 1.17. The molecule has 0 saturated carbocycles. The van der Waals surface area contributed by atoms with Gasteiger partial charge in [-0.3, -0.25) is 4.79 Å². The molecule has 0 bridgehead atoms. The van der Waals surface area contributed by atoms with E-state index in [-0.39, 0.29) is 19.1 Å². The van der Waals surface area contributed by atoms with Crippen LogP contribution in [0.4, 0.5) is 0 Å². The van der Waals surface area contributed by atoms with Crippen molar-refractivity contribution in [1.82, 2.24) is 5.32 Å². The topological polar surface area (TPSA) is 58.6 Å². The number of hydrogen-bond acceptors (Lipinski definition) is 3. The Hall–Kier alpha value is -1.07. The van der Waals surface area contributed by atoms with Crippen LogP contribution in [0.5, 0.6) is 5.75 Å². The van der Waals surface area contributed by atoms with Gasteiger partial charge in [0.2, 0.25) is 0 Å². The Labute approximate surface area is 115 Å². The Morgan fingerprint density at radius 3 is 2.89 bits per heavy atom. The van der Waals surface area contributed by atoms with Crippen molar-refractivity contribution < 1.29 is 14.6 Å². The quantitative estimate of drug-likeness (QED) is 0.845. The Morgan fingerprint density at radius 2 is 2.28 bits per heavy atom. The lowest BCUT2D eigenvalue weighted by Gasteiger charge is -2.21. The van der Waals surface area contributed by atoms with E-state index in [1.807, 2.05) is 19.1 Å². The molecule has 1 aromatic carbocycles. The second-order valence-corrected chi connectivity index (χ2v) is 5.29. The second-order valence-electron chi connectivity index (χ2n) is 4.37. The van der Waals surface area contributed by atoms with Crippen LogP contribution in [-0.2, 0) is 4.79 Å². The maximum absolute atomic E-state index is 11.5. The number of carbonyl (C=O) groups excluding carboxylic acids is 1. The van der Waals surface area contributed by atoms with Crippen LogP contribution < -0.4 is 10.1 Å². The fraction of sp³-hybridized carbons (Fsp3) is 0.462. The summed E-state index contributed by atoms with van der Waals surface area (Å²) in [5.74, 6) is 0.380. The Kier molecular flexibility index (Phi) is 5.62. The van der Waals surface area contributed by atoms with Crippen LogP contribution in [-0.4, -0.2) is 29.8 Å². The number of rotatable bonds is 6. The highest BCUT2D eigenvalue weighted by atomic mass is 79.9. The lowest BCUT2D eigenvalue weighted by molar-refractivity contribution is -0.124. The van der Waals surface area contributed by atoms with Crippen LogP contribution in [0, 0.1) is 0 Å². The summed E-state index contributed by atoms with van der Waals surface area (Å²) < 4.78 is 6.22. The van der Waals surface area contributed by atoms with Gasteiger partial charge in [-0.15, -0.1) is 0 Å². The van der Waals surface area contributed by atoms with Crippen molar-refractivity contribution in [2.45, 2.75) is 25.9 Å². The summed E-state index contributed by atoms with van der Waals surface area (Å²) in [6.07, 6.45) is 0.583. The van der Waals surface area contributed by atoms with Crippen LogP contribution in [0.15, 0.2) is 28.7 Å². The third-order valence-electron chi connectivity index (χ3n) is 2.59. The van der Waals surface area contributed by atoms with Gasteiger partial charge in [-0.05, 0) is 31.5 Å². The molecule has 18 heavy (non-hydrogen) atoms. The smallest absolute Gasteiger partial charge is 0.258 e. The largest absolute Gasteiger partial charge is 0.484 e. The molecule has 1 rings (SSSR count). The molecule has 0 radical (unpaired) electrons. The maximum Gasteiger partial charge on any atom is 0.258 e. The molecule has 0 aliphatic rings. The zero-order valence-electron chi connectivity index (χ0n) is 10.6. The minimum Gasteiger partial charge on any atom is -0.484 e. The lowest BCUT2D eigenvalue weighted by atomic mass is 10.0. The average molecular weight is 316 g/mol. The van der Waals surface area contributed by atoms with Gasteiger partial charge in [-0.2, -0.15) is 0 Å². The molecule has 2 N–H and O–H groups in total. The number of benzene rings is 1. The summed E-state index contributed by atoms with van der Waals surface area (Å²) in [5.41, 5.74) is -0.870. The first-order chi connectivity index (χ1) is 8.43. The summed E-state index contributed by atoms with van der Waals surface area (Å²) >= 11 is 3.32. The van der Waals surface area contributed by atoms with Gasteiger partial charge in [0.15, 0.2) is 6.61 Å². The lowest BCUT2D eigenvalue weighted by Crippen LogP contribution is -2.41. The van der Waals surface area contributed by atoms with Crippen molar-refractivity contribution in [2.24, 2.45) is 0 Å². The van der Waals surface area contributed by atoms with E-state index in [1.54, 1.807) is 19.1 Å². The third-order valence-corrected chi connectivity index (χ3v) is 3.09. The van der Waals surface area contributed by atoms with E-state index in [9.17, 15) is 9.90 Å². The van der Waals surface area contributed by atoms with Gasteiger partial charge in [0, 0.05) is 11.0 Å². The van der Waals surface area contributed by atoms with Gasteiger partial charge in [0.1, 0.15) is 5.75 Å². The van der Waals surface area contributed by atoms with E-state index in [4.69, 9.17) is 4.74 Å². The molecule has 1 atom stereocenters. The van der Waals surface area contributed by atoms with E-state index in [0.717, 1.165) is 4.47 Å². The summed E-state index contributed by atoms with van der Waals surface area (Å²) in [6, 6.07) is 7.28. The molecule has 5 heteroatoms. The minimum atomic E-state index is -0.870. The molecular weight excluding hydrogens is 298 g/mol. The van der Waals surface area contributed by atoms with Crippen molar-refractivity contribution in [3.05, 3.63) is 28.7 Å². The van der Waals surface area contributed by atoms with Crippen LogP contribution in [0.25, 0.3) is 0 Å². The van der Waals surface area contributed by atoms with E-state index >= 15 is 0 Å². The van der Waals surface area contributed by atoms with E-state index in [1.165, 1.54) is 0 Å². The number of halogens is 1. The molecule has 0 fully saturated rings. The summed E-state index contributed by atoms with van der Waals surface area (Å²) in [4.78, 5) is 11.5. The zero-order chi connectivity index (χ0) is 13.6. The molecular formula is C13H18BrNO3. The van der Waals surface area contributed by atoms with Crippen molar-refractivity contribution >= 4 is 21.8 Å². The van der Waals surface area contributed by atoms with Crippen molar-refractivity contribution in [1.29, 1.82) is 0 Å². The Balaban J connectivity index is 2.34. The number of carbonyl (C=O) groups is 1. The predicted molar refractivity (Wildman–Crippen MR) is 73.6 cm³/mol. The first-order valence-electron chi connectivity index (χ1n) is 5.80. The van der Waals surface area contributed by atoms with Crippen molar-refractivity contribution in [3.63, 3.8) is 0 Å². The van der Waals surface area contributed by atoms with Crippen molar-refractivity contribution in [2.75, 3.05) is 13.2 Å². The number of nitrogens with one attached hydrogen (secondary N) is 1. The maximum atomic E-state index is 11.5. The number of hydrogen-bond donors (Lipinski definition) is 2. The average Bonchev–Trinajstić information content (AvgIpc) is 2.34. The zero-order valence-corrected chi connectivity index (χ0v) is 12.2. The number of aliphatic hydroxyl groups is 1. The predicted octanol–water partition coefficient (Wildman–Crippen LogP) is 2.11. The summed E-state index contributed by atoms with van der Waals surface area (Å²) in [5, 5.41) is 12.4. The van der Waals surface area contributed by atoms with E-state index in [0.29, 0.717) is 12.2 Å². The molecule has 1 aromatic rings. The monoisotopic (exact) mass is 315 g/mol. The second kappa shape index (κ2) is 6.75. The van der Waals surface area contributed by atoms with Crippen LogP contribution >= 0.6 is 15.9 Å². The Morgan fingerprint density at radius 1 is 1.56 bits per heavy atom. The highest BCUT2D eigenvalue weighted by Gasteiger charge is 2.18.